The van der Waals surface area contributed by atoms with Crippen molar-refractivity contribution in [1.82, 2.24) is 15.3 Å². The molecule has 0 saturated carbocycles. The molecule has 0 unspecified atom stereocenters. The number of imidazole rings is 1. The third kappa shape index (κ3) is 3.72. The van der Waals surface area contributed by atoms with E-state index in [2.05, 4.69) is 15.3 Å². The first-order valence-corrected chi connectivity index (χ1v) is 8.44. The molecule has 26 heavy (non-hydrogen) atoms. The second-order valence-corrected chi connectivity index (χ2v) is 6.57. The fraction of sp³-hybridized carbons (Fsp3) is 0.263. The number of rotatable bonds is 6. The number of hydrogen-bond acceptors (Lipinski definition) is 4. The highest BCUT2D eigenvalue weighted by Crippen LogP contribution is 2.24. The van der Waals surface area contributed by atoms with Crippen LogP contribution in [0.15, 0.2) is 48.5 Å². The summed E-state index contributed by atoms with van der Waals surface area (Å²) in [6, 6.07) is 13.2. The molecule has 1 heterocycles. The summed E-state index contributed by atoms with van der Waals surface area (Å²) < 4.78 is 0. The first-order valence-electron chi connectivity index (χ1n) is 8.44. The summed E-state index contributed by atoms with van der Waals surface area (Å²) in [6.45, 7) is 4.10. The quantitative estimate of drug-likeness (QED) is 0.517. The minimum absolute atomic E-state index is 0.0439. The maximum atomic E-state index is 12.7. The van der Waals surface area contributed by atoms with Crippen molar-refractivity contribution in [2.45, 2.75) is 26.3 Å². The first kappa shape index (κ1) is 17.6. The van der Waals surface area contributed by atoms with Gasteiger partial charge in [0.15, 0.2) is 0 Å². The van der Waals surface area contributed by atoms with Gasteiger partial charge in [0.25, 0.3) is 11.6 Å². The topological polar surface area (TPSA) is 101 Å². The Bertz CT molecular complexity index is 916. The highest BCUT2D eigenvalue weighted by atomic mass is 16.6. The van der Waals surface area contributed by atoms with E-state index in [-0.39, 0.29) is 17.3 Å². The van der Waals surface area contributed by atoms with Crippen molar-refractivity contribution in [1.29, 1.82) is 0 Å². The Morgan fingerprint density at radius 3 is 2.58 bits per heavy atom. The number of H-pyrrole nitrogens is 1. The van der Waals surface area contributed by atoms with E-state index in [1.165, 1.54) is 12.1 Å². The van der Waals surface area contributed by atoms with Crippen molar-refractivity contribution in [2.75, 3.05) is 0 Å². The third-order valence-electron chi connectivity index (χ3n) is 4.10. The molecule has 1 atom stereocenters. The van der Waals surface area contributed by atoms with Gasteiger partial charge in [-0.25, -0.2) is 4.98 Å². The maximum absolute atomic E-state index is 12.7. The number of benzene rings is 2. The van der Waals surface area contributed by atoms with Crippen LogP contribution in [0.1, 0.15) is 42.5 Å². The van der Waals surface area contributed by atoms with E-state index >= 15 is 0 Å². The van der Waals surface area contributed by atoms with Crippen molar-refractivity contribution < 1.29 is 9.72 Å². The molecule has 0 radical (unpaired) electrons. The van der Waals surface area contributed by atoms with Crippen LogP contribution in [0.2, 0.25) is 0 Å². The van der Waals surface area contributed by atoms with E-state index < -0.39 is 10.8 Å². The monoisotopic (exact) mass is 352 g/mol. The van der Waals surface area contributed by atoms with Gasteiger partial charge in [0.2, 0.25) is 0 Å². The van der Waals surface area contributed by atoms with Crippen molar-refractivity contribution >= 4 is 22.6 Å². The molecular formula is C19H20N4O3. The molecule has 1 amide bonds. The van der Waals surface area contributed by atoms with Gasteiger partial charge in [-0.3, -0.25) is 14.9 Å². The molecule has 0 aliphatic rings. The van der Waals surface area contributed by atoms with Crippen molar-refractivity contribution in [3.05, 3.63) is 70.0 Å². The lowest BCUT2D eigenvalue weighted by molar-refractivity contribution is -0.385. The Balaban J connectivity index is 1.91. The number of nitrogens with zero attached hydrogens (tertiary/aromatic N) is 2. The third-order valence-corrected chi connectivity index (χ3v) is 4.10. The highest BCUT2D eigenvalue weighted by Gasteiger charge is 2.24. The fourth-order valence-corrected chi connectivity index (χ4v) is 2.91. The molecule has 0 spiro atoms. The summed E-state index contributed by atoms with van der Waals surface area (Å²) in [7, 11) is 0. The molecule has 0 bridgehead atoms. The number of amides is 1. The molecule has 134 valence electrons. The summed E-state index contributed by atoms with van der Waals surface area (Å²) in [5, 5.41) is 14.1. The molecule has 0 aliphatic carbocycles. The summed E-state index contributed by atoms with van der Waals surface area (Å²) in [5.41, 5.74) is 1.53. The van der Waals surface area contributed by atoms with Crippen LogP contribution in [0.25, 0.3) is 11.0 Å². The molecule has 3 aromatic rings. The number of aromatic amines is 1. The van der Waals surface area contributed by atoms with Crippen LogP contribution in [0.3, 0.4) is 0 Å². The average molecular weight is 352 g/mol. The number of hydrogen-bond donors (Lipinski definition) is 2. The number of nitrogens with one attached hydrogen (secondary N) is 2. The van der Waals surface area contributed by atoms with Gasteiger partial charge in [-0.1, -0.05) is 38.1 Å². The molecule has 0 aliphatic heterocycles. The minimum atomic E-state index is -0.548. The zero-order chi connectivity index (χ0) is 18.7. The van der Waals surface area contributed by atoms with E-state index in [0.717, 1.165) is 11.0 Å². The summed E-state index contributed by atoms with van der Waals surface area (Å²) in [4.78, 5) is 31.1. The lowest BCUT2D eigenvalue weighted by Gasteiger charge is -2.18. The lowest BCUT2D eigenvalue weighted by Crippen LogP contribution is -2.30. The Hall–Kier alpha value is -3.22. The fourth-order valence-electron chi connectivity index (χ4n) is 2.91. The largest absolute Gasteiger partial charge is 0.342 e. The molecule has 1 aromatic heterocycles. The lowest BCUT2D eigenvalue weighted by atomic mass is 10.0. The van der Waals surface area contributed by atoms with Crippen LogP contribution >= 0.6 is 0 Å². The van der Waals surface area contributed by atoms with Crippen LogP contribution in [-0.4, -0.2) is 20.8 Å². The standard InChI is InChI=1S/C19H20N4O3/c1-12(2)11-16(18-20-14-8-4-5-9-15(14)21-18)22-19(24)13-7-3-6-10-17(13)23(25)26/h3-10,12,16H,11H2,1-2H3,(H,20,21)(H,22,24)/t16-/m0/s1. The second kappa shape index (κ2) is 7.35. The van der Waals surface area contributed by atoms with Crippen LogP contribution < -0.4 is 5.32 Å². The van der Waals surface area contributed by atoms with E-state index in [0.29, 0.717) is 18.2 Å². The van der Waals surface area contributed by atoms with E-state index in [1.54, 1.807) is 12.1 Å². The Kier molecular flexibility index (Phi) is 4.97. The SMILES string of the molecule is CC(C)C[C@H](NC(=O)c1ccccc1[N+](=O)[O-])c1nc2ccccc2[nH]1. The molecule has 0 saturated heterocycles. The number of carbonyl (C=O) groups is 1. The van der Waals surface area contributed by atoms with Gasteiger partial charge in [0.1, 0.15) is 11.4 Å². The van der Waals surface area contributed by atoms with Crippen molar-refractivity contribution in [2.24, 2.45) is 5.92 Å². The average Bonchev–Trinajstić information content (AvgIpc) is 3.04. The minimum Gasteiger partial charge on any atom is -0.342 e. The normalized spacial score (nSPS) is 12.3. The molecule has 2 N–H and O–H groups in total. The second-order valence-electron chi connectivity index (χ2n) is 6.57. The number of nitro benzene ring substituents is 1. The summed E-state index contributed by atoms with van der Waals surface area (Å²) >= 11 is 0. The van der Waals surface area contributed by atoms with Gasteiger partial charge in [-0.05, 0) is 30.5 Å². The predicted octanol–water partition coefficient (Wildman–Crippen LogP) is 3.99. The van der Waals surface area contributed by atoms with Crippen LogP contribution in [-0.2, 0) is 0 Å². The molecule has 0 fully saturated rings. The number of fused-ring (bicyclic) bond motifs is 1. The van der Waals surface area contributed by atoms with Crippen LogP contribution in [0.4, 0.5) is 5.69 Å². The first-order chi connectivity index (χ1) is 12.5. The molecular weight excluding hydrogens is 332 g/mol. The Morgan fingerprint density at radius 1 is 1.19 bits per heavy atom. The highest BCUT2D eigenvalue weighted by molar-refractivity contribution is 5.98. The van der Waals surface area contributed by atoms with Gasteiger partial charge in [0, 0.05) is 6.07 Å². The number of para-hydroxylation sites is 3. The van der Waals surface area contributed by atoms with Gasteiger partial charge >= 0.3 is 0 Å². The summed E-state index contributed by atoms with van der Waals surface area (Å²) in [5.74, 6) is 0.467. The van der Waals surface area contributed by atoms with Gasteiger partial charge in [0.05, 0.1) is 22.0 Å². The Morgan fingerprint density at radius 2 is 1.88 bits per heavy atom. The van der Waals surface area contributed by atoms with Gasteiger partial charge in [-0.15, -0.1) is 0 Å². The van der Waals surface area contributed by atoms with Gasteiger partial charge in [-0.2, -0.15) is 0 Å². The molecule has 3 rings (SSSR count). The zero-order valence-electron chi connectivity index (χ0n) is 14.6. The Labute approximate surface area is 150 Å². The number of aromatic nitrogens is 2. The van der Waals surface area contributed by atoms with E-state index in [9.17, 15) is 14.9 Å². The van der Waals surface area contributed by atoms with Crippen LogP contribution in [0, 0.1) is 16.0 Å². The summed E-state index contributed by atoms with van der Waals surface area (Å²) in [6.07, 6.45) is 0.659. The molecule has 2 aromatic carbocycles. The van der Waals surface area contributed by atoms with Crippen molar-refractivity contribution in [3.63, 3.8) is 0 Å². The number of carbonyl (C=O) groups excluding carboxylic acids is 1. The van der Waals surface area contributed by atoms with Gasteiger partial charge < -0.3 is 10.3 Å². The molecule has 7 nitrogen and oxygen atoms in total. The van der Waals surface area contributed by atoms with Crippen molar-refractivity contribution in [3.8, 4) is 0 Å². The zero-order valence-corrected chi connectivity index (χ0v) is 14.6. The van der Waals surface area contributed by atoms with Crippen LogP contribution in [0.5, 0.6) is 0 Å². The molecule has 7 heteroatoms. The van der Waals surface area contributed by atoms with E-state index in [1.807, 2.05) is 38.1 Å². The predicted molar refractivity (Wildman–Crippen MR) is 98.9 cm³/mol. The smallest absolute Gasteiger partial charge is 0.282 e. The van der Waals surface area contributed by atoms with E-state index in [4.69, 9.17) is 0 Å². The number of nitro groups is 1. The maximum Gasteiger partial charge on any atom is 0.282 e.